The Kier molecular flexibility index (Phi) is 3.54. The number of hydrogen-bond acceptors (Lipinski definition) is 5. The van der Waals surface area contributed by atoms with Crippen molar-refractivity contribution in [1.29, 1.82) is 0 Å². The van der Waals surface area contributed by atoms with Gasteiger partial charge in [0.25, 0.3) is 11.8 Å². The van der Waals surface area contributed by atoms with E-state index < -0.39 is 0 Å². The van der Waals surface area contributed by atoms with E-state index in [4.69, 9.17) is 27.6 Å². The van der Waals surface area contributed by atoms with E-state index in [0.717, 1.165) is 5.69 Å². The number of aromatic nitrogens is 4. The summed E-state index contributed by atoms with van der Waals surface area (Å²) in [6, 6.07) is 5.31. The van der Waals surface area contributed by atoms with E-state index in [2.05, 4.69) is 15.2 Å². The number of amides is 1. The molecular formula is C15H11Cl2N5O2. The summed E-state index contributed by atoms with van der Waals surface area (Å²) in [6.07, 6.45) is 1.62. The maximum atomic E-state index is 12.7. The summed E-state index contributed by atoms with van der Waals surface area (Å²) in [5.74, 6) is 0.553. The fourth-order valence-corrected chi connectivity index (χ4v) is 3.09. The topological polar surface area (TPSA) is 77.1 Å². The number of halogens is 2. The summed E-state index contributed by atoms with van der Waals surface area (Å²) < 4.78 is 7.32. The molecule has 0 saturated heterocycles. The molecule has 1 aliphatic rings. The van der Waals surface area contributed by atoms with Gasteiger partial charge in [-0.05, 0) is 12.1 Å². The van der Waals surface area contributed by atoms with E-state index in [0.29, 0.717) is 34.4 Å². The SMILES string of the molecule is CN1Cc2c(-c3nnc(CCl)o3)ncn2-c2cccc(Cl)c2C1=O. The highest BCUT2D eigenvalue weighted by Gasteiger charge is 2.29. The number of hydrogen-bond donors (Lipinski definition) is 0. The second kappa shape index (κ2) is 5.61. The molecule has 0 N–H and O–H groups in total. The number of benzene rings is 1. The van der Waals surface area contributed by atoms with Gasteiger partial charge in [-0.2, -0.15) is 0 Å². The predicted octanol–water partition coefficient (Wildman–Crippen LogP) is 2.90. The lowest BCUT2D eigenvalue weighted by Crippen LogP contribution is -2.25. The van der Waals surface area contributed by atoms with E-state index in [1.165, 1.54) is 0 Å². The second-order valence-electron chi connectivity index (χ2n) is 5.34. The number of fused-ring (bicyclic) bond motifs is 3. The van der Waals surface area contributed by atoms with Gasteiger partial charge in [0.15, 0.2) is 5.69 Å². The van der Waals surface area contributed by atoms with Gasteiger partial charge in [-0.15, -0.1) is 21.8 Å². The molecule has 7 nitrogen and oxygen atoms in total. The Labute approximate surface area is 146 Å². The minimum atomic E-state index is -0.155. The Morgan fingerprint density at radius 2 is 2.17 bits per heavy atom. The number of rotatable bonds is 2. The maximum Gasteiger partial charge on any atom is 0.268 e. The largest absolute Gasteiger partial charge is 0.418 e. The summed E-state index contributed by atoms with van der Waals surface area (Å²) in [4.78, 5) is 18.6. The lowest BCUT2D eigenvalue weighted by atomic mass is 10.1. The van der Waals surface area contributed by atoms with Crippen molar-refractivity contribution in [2.24, 2.45) is 0 Å². The Balaban J connectivity index is 1.94. The Morgan fingerprint density at radius 1 is 1.33 bits per heavy atom. The molecule has 1 aromatic carbocycles. The van der Waals surface area contributed by atoms with Gasteiger partial charge in [-0.25, -0.2) is 4.98 Å². The molecule has 24 heavy (non-hydrogen) atoms. The summed E-state index contributed by atoms with van der Waals surface area (Å²) >= 11 is 12.0. The Bertz CT molecular complexity index is 949. The van der Waals surface area contributed by atoms with Crippen LogP contribution in [0, 0.1) is 0 Å². The highest BCUT2D eigenvalue weighted by atomic mass is 35.5. The lowest BCUT2D eigenvalue weighted by molar-refractivity contribution is 0.0788. The summed E-state index contributed by atoms with van der Waals surface area (Å²) in [6.45, 7) is 0.331. The van der Waals surface area contributed by atoms with Crippen molar-refractivity contribution in [2.45, 2.75) is 12.4 Å². The van der Waals surface area contributed by atoms with E-state index in [-0.39, 0.29) is 17.7 Å². The van der Waals surface area contributed by atoms with Crippen molar-refractivity contribution in [3.05, 3.63) is 46.7 Å². The van der Waals surface area contributed by atoms with Crippen LogP contribution in [-0.4, -0.2) is 37.6 Å². The standard InChI is InChI=1S/C15H11Cl2N5O2/c1-21-6-10-13(14-20-19-11(5-16)24-14)18-7-22(10)9-4-2-3-8(17)12(9)15(21)23/h2-4,7H,5-6H2,1H3. The number of carbonyl (C=O) groups excluding carboxylic acids is 1. The monoisotopic (exact) mass is 363 g/mol. The van der Waals surface area contributed by atoms with Crippen molar-refractivity contribution in [3.63, 3.8) is 0 Å². The molecule has 122 valence electrons. The molecule has 0 aliphatic carbocycles. The smallest absolute Gasteiger partial charge is 0.268 e. The van der Waals surface area contributed by atoms with Crippen LogP contribution in [0.4, 0.5) is 0 Å². The zero-order chi connectivity index (χ0) is 16.8. The minimum Gasteiger partial charge on any atom is -0.418 e. The van der Waals surface area contributed by atoms with Crippen LogP contribution in [0.1, 0.15) is 21.9 Å². The van der Waals surface area contributed by atoms with Crippen LogP contribution < -0.4 is 0 Å². The first-order valence-electron chi connectivity index (χ1n) is 7.09. The third-order valence-corrected chi connectivity index (χ3v) is 4.39. The third-order valence-electron chi connectivity index (χ3n) is 3.85. The molecule has 4 rings (SSSR count). The fraction of sp³-hybridized carbons (Fsp3) is 0.200. The summed E-state index contributed by atoms with van der Waals surface area (Å²) in [5.41, 5.74) is 2.39. The molecule has 3 heterocycles. The van der Waals surface area contributed by atoms with E-state index in [9.17, 15) is 4.79 Å². The van der Waals surface area contributed by atoms with Gasteiger partial charge < -0.3 is 9.32 Å². The van der Waals surface area contributed by atoms with Gasteiger partial charge in [0.2, 0.25) is 5.89 Å². The van der Waals surface area contributed by atoms with Crippen molar-refractivity contribution >= 4 is 29.1 Å². The normalized spacial score (nSPS) is 13.6. The third kappa shape index (κ3) is 2.20. The highest BCUT2D eigenvalue weighted by molar-refractivity contribution is 6.34. The second-order valence-corrected chi connectivity index (χ2v) is 6.01. The Morgan fingerprint density at radius 3 is 2.92 bits per heavy atom. The van der Waals surface area contributed by atoms with Gasteiger partial charge in [-0.3, -0.25) is 9.36 Å². The predicted molar refractivity (Wildman–Crippen MR) is 87.2 cm³/mol. The van der Waals surface area contributed by atoms with Crippen LogP contribution in [0.2, 0.25) is 5.02 Å². The Hall–Kier alpha value is -2.38. The van der Waals surface area contributed by atoms with E-state index >= 15 is 0 Å². The van der Waals surface area contributed by atoms with Crippen LogP contribution in [0.15, 0.2) is 28.9 Å². The minimum absolute atomic E-state index is 0.125. The molecule has 0 bridgehead atoms. The maximum absolute atomic E-state index is 12.7. The zero-order valence-electron chi connectivity index (χ0n) is 12.5. The number of alkyl halides is 1. The molecule has 1 amide bonds. The highest BCUT2D eigenvalue weighted by Crippen LogP contribution is 2.32. The van der Waals surface area contributed by atoms with E-state index in [1.54, 1.807) is 30.4 Å². The first kappa shape index (κ1) is 15.2. The first-order chi connectivity index (χ1) is 11.6. The van der Waals surface area contributed by atoms with Crippen LogP contribution in [-0.2, 0) is 12.4 Å². The van der Waals surface area contributed by atoms with Gasteiger partial charge in [-0.1, -0.05) is 17.7 Å². The molecule has 0 saturated carbocycles. The molecule has 0 spiro atoms. The molecule has 0 radical (unpaired) electrons. The molecular weight excluding hydrogens is 353 g/mol. The van der Waals surface area contributed by atoms with Crippen LogP contribution in [0.25, 0.3) is 17.3 Å². The first-order valence-corrected chi connectivity index (χ1v) is 8.00. The molecule has 0 fully saturated rings. The fourth-order valence-electron chi connectivity index (χ4n) is 2.73. The van der Waals surface area contributed by atoms with Crippen LogP contribution >= 0.6 is 23.2 Å². The van der Waals surface area contributed by atoms with Gasteiger partial charge >= 0.3 is 0 Å². The van der Waals surface area contributed by atoms with E-state index in [1.807, 2.05) is 10.6 Å². The lowest BCUT2D eigenvalue weighted by Gasteiger charge is -2.14. The molecule has 3 aromatic rings. The number of carbonyl (C=O) groups is 1. The van der Waals surface area contributed by atoms with Crippen molar-refractivity contribution < 1.29 is 9.21 Å². The van der Waals surface area contributed by atoms with Crippen molar-refractivity contribution in [3.8, 4) is 17.3 Å². The van der Waals surface area contributed by atoms with Gasteiger partial charge in [0, 0.05) is 7.05 Å². The van der Waals surface area contributed by atoms with Crippen LogP contribution in [0.3, 0.4) is 0 Å². The molecule has 0 atom stereocenters. The zero-order valence-corrected chi connectivity index (χ0v) is 14.0. The molecule has 1 aliphatic heterocycles. The molecule has 9 heteroatoms. The molecule has 0 unspecified atom stereocenters. The van der Waals surface area contributed by atoms with Gasteiger partial charge in [0.1, 0.15) is 12.2 Å². The quantitative estimate of drug-likeness (QED) is 0.654. The van der Waals surface area contributed by atoms with Crippen molar-refractivity contribution in [2.75, 3.05) is 7.05 Å². The summed E-state index contributed by atoms with van der Waals surface area (Å²) in [7, 11) is 1.71. The van der Waals surface area contributed by atoms with Crippen molar-refractivity contribution in [1.82, 2.24) is 24.6 Å². The average molecular weight is 364 g/mol. The summed E-state index contributed by atoms with van der Waals surface area (Å²) in [5, 5.41) is 8.23. The average Bonchev–Trinajstić information content (AvgIpc) is 3.18. The van der Waals surface area contributed by atoms with Gasteiger partial charge in [0.05, 0.1) is 28.5 Å². The molecule has 2 aromatic heterocycles. The number of nitrogens with zero attached hydrogens (tertiary/aromatic N) is 5. The van der Waals surface area contributed by atoms with Crippen LogP contribution in [0.5, 0.6) is 0 Å². The number of imidazole rings is 1.